The van der Waals surface area contributed by atoms with E-state index in [0.717, 1.165) is 15.4 Å². The van der Waals surface area contributed by atoms with Crippen LogP contribution in [0.15, 0.2) is 58.2 Å². The average molecular weight is 406 g/mol. The van der Waals surface area contributed by atoms with Gasteiger partial charge in [0.25, 0.3) is 0 Å². The Morgan fingerprint density at radius 3 is 2.75 bits per heavy atom. The Hall–Kier alpha value is -2.31. The van der Waals surface area contributed by atoms with E-state index in [9.17, 15) is 4.39 Å². The van der Waals surface area contributed by atoms with E-state index in [4.69, 9.17) is 22.9 Å². The van der Waals surface area contributed by atoms with Crippen LogP contribution in [0, 0.1) is 11.3 Å². The Morgan fingerprint density at radius 2 is 2.00 bits per heavy atom. The molecule has 0 bridgehead atoms. The van der Waals surface area contributed by atoms with Crippen molar-refractivity contribution in [1.29, 1.82) is 5.53 Å². The van der Waals surface area contributed by atoms with Crippen molar-refractivity contribution >= 4 is 49.8 Å². The molecule has 0 aliphatic heterocycles. The van der Waals surface area contributed by atoms with Crippen molar-refractivity contribution < 1.29 is 4.39 Å². The Bertz CT molecular complexity index is 987. The fourth-order valence-electron chi connectivity index (χ4n) is 2.36. The average Bonchev–Trinajstić information content (AvgIpc) is 2.57. The number of rotatable bonds is 3. The summed E-state index contributed by atoms with van der Waals surface area (Å²) in [5.41, 5.74) is 15.2. The van der Waals surface area contributed by atoms with E-state index in [1.165, 1.54) is 18.2 Å². The predicted octanol–water partition coefficient (Wildman–Crippen LogP) is 5.61. The lowest BCUT2D eigenvalue weighted by atomic mass is 10.0. The predicted molar refractivity (Wildman–Crippen MR) is 97.0 cm³/mol. The van der Waals surface area contributed by atoms with Gasteiger partial charge in [-0.15, -0.1) is 0 Å². The van der Waals surface area contributed by atoms with Gasteiger partial charge in [0, 0.05) is 32.2 Å². The molecule has 0 aliphatic carbocycles. The molecular formula is C17H11BrClFN4. The normalized spacial score (nSPS) is 12.1. The van der Waals surface area contributed by atoms with Crippen LogP contribution in [-0.2, 0) is 0 Å². The van der Waals surface area contributed by atoms with Crippen molar-refractivity contribution in [1.82, 2.24) is 4.98 Å². The molecule has 0 spiro atoms. The summed E-state index contributed by atoms with van der Waals surface area (Å²) in [4.78, 5) is 4.29. The number of benzene rings is 2. The number of aromatic nitrogens is 1. The molecule has 0 amide bonds. The van der Waals surface area contributed by atoms with Crippen LogP contribution in [0.3, 0.4) is 0 Å². The minimum atomic E-state index is -0.525. The molecule has 1 heterocycles. The molecule has 0 atom stereocenters. The first-order chi connectivity index (χ1) is 11.5. The lowest BCUT2D eigenvalue weighted by molar-refractivity contribution is 0.624. The van der Waals surface area contributed by atoms with E-state index >= 15 is 0 Å². The highest BCUT2D eigenvalue weighted by Gasteiger charge is 2.13. The van der Waals surface area contributed by atoms with Gasteiger partial charge in [-0.05, 0) is 52.3 Å². The van der Waals surface area contributed by atoms with E-state index in [-0.39, 0.29) is 17.0 Å². The van der Waals surface area contributed by atoms with Crippen LogP contribution in [0.1, 0.15) is 11.1 Å². The van der Waals surface area contributed by atoms with Gasteiger partial charge < -0.3 is 5.73 Å². The number of nitrogens with one attached hydrogen (secondary N) is 1. The van der Waals surface area contributed by atoms with E-state index < -0.39 is 5.82 Å². The zero-order valence-corrected chi connectivity index (χ0v) is 14.6. The Labute approximate surface area is 150 Å². The molecule has 0 fully saturated rings. The summed E-state index contributed by atoms with van der Waals surface area (Å²) >= 11 is 9.28. The van der Waals surface area contributed by atoms with E-state index in [0.29, 0.717) is 10.6 Å². The van der Waals surface area contributed by atoms with E-state index in [1.54, 1.807) is 24.4 Å². The second-order valence-corrected chi connectivity index (χ2v) is 6.41. The monoisotopic (exact) mass is 404 g/mol. The lowest BCUT2D eigenvalue weighted by Crippen LogP contribution is -2.03. The largest absolute Gasteiger partial charge is 0.396 e. The number of fused-ring (bicyclic) bond motifs is 1. The van der Waals surface area contributed by atoms with Crippen LogP contribution in [0.4, 0.5) is 4.39 Å². The van der Waals surface area contributed by atoms with Gasteiger partial charge in [-0.3, -0.25) is 4.98 Å². The SMILES string of the molecule is N=N/C(=C(\N)c1cc(Cl)ccc1F)c1ccc2ncc(Br)cc2c1. The van der Waals surface area contributed by atoms with Gasteiger partial charge in [-0.2, -0.15) is 5.11 Å². The van der Waals surface area contributed by atoms with Crippen molar-refractivity contribution in [3.63, 3.8) is 0 Å². The maximum absolute atomic E-state index is 14.0. The molecule has 0 radical (unpaired) electrons. The molecule has 24 heavy (non-hydrogen) atoms. The molecule has 0 aliphatic rings. The molecule has 3 rings (SSSR count). The summed E-state index contributed by atoms with van der Waals surface area (Å²) in [6.45, 7) is 0. The van der Waals surface area contributed by atoms with Gasteiger partial charge in [0.05, 0.1) is 11.2 Å². The minimum Gasteiger partial charge on any atom is -0.396 e. The van der Waals surface area contributed by atoms with Gasteiger partial charge >= 0.3 is 0 Å². The third-order valence-corrected chi connectivity index (χ3v) is 4.18. The van der Waals surface area contributed by atoms with Gasteiger partial charge in [0.15, 0.2) is 0 Å². The summed E-state index contributed by atoms with van der Waals surface area (Å²) < 4.78 is 14.9. The number of pyridine rings is 1. The highest BCUT2D eigenvalue weighted by atomic mass is 79.9. The summed E-state index contributed by atoms with van der Waals surface area (Å²) in [7, 11) is 0. The molecule has 120 valence electrons. The zero-order valence-electron chi connectivity index (χ0n) is 12.2. The molecule has 3 N–H and O–H groups in total. The van der Waals surface area contributed by atoms with Crippen LogP contribution >= 0.6 is 27.5 Å². The Morgan fingerprint density at radius 1 is 1.21 bits per heavy atom. The Kier molecular flexibility index (Phi) is 4.59. The number of nitrogens with zero attached hydrogens (tertiary/aromatic N) is 2. The number of nitrogens with two attached hydrogens (primary N) is 1. The maximum atomic E-state index is 14.0. The number of halogens is 3. The quantitative estimate of drug-likeness (QED) is 0.439. The fourth-order valence-corrected chi connectivity index (χ4v) is 2.88. The van der Waals surface area contributed by atoms with Gasteiger partial charge in [0.2, 0.25) is 0 Å². The molecule has 0 saturated heterocycles. The third-order valence-electron chi connectivity index (χ3n) is 3.51. The first-order valence-corrected chi connectivity index (χ1v) is 8.05. The molecular weight excluding hydrogens is 395 g/mol. The molecule has 0 unspecified atom stereocenters. The van der Waals surface area contributed by atoms with Crippen LogP contribution < -0.4 is 5.73 Å². The summed E-state index contributed by atoms with van der Waals surface area (Å²) in [5.74, 6) is -0.525. The summed E-state index contributed by atoms with van der Waals surface area (Å²) in [6, 6.07) is 11.3. The standard InChI is InChI=1S/C17H11BrClFN4/c18-11-6-10-5-9(1-4-15(10)23-8-11)17(24-22)16(21)13-7-12(19)2-3-14(13)20/h1-8,22H,21H2/b17-16-,24-22?. The van der Waals surface area contributed by atoms with Crippen molar-refractivity contribution in [2.75, 3.05) is 0 Å². The van der Waals surface area contributed by atoms with Crippen LogP contribution in [0.5, 0.6) is 0 Å². The van der Waals surface area contributed by atoms with Crippen LogP contribution in [-0.4, -0.2) is 4.98 Å². The van der Waals surface area contributed by atoms with Crippen molar-refractivity contribution in [2.24, 2.45) is 10.8 Å². The summed E-state index contributed by atoms with van der Waals surface area (Å²) in [6.07, 6.45) is 1.70. The van der Waals surface area contributed by atoms with Crippen LogP contribution in [0.2, 0.25) is 5.02 Å². The Balaban J connectivity index is 2.20. The topological polar surface area (TPSA) is 75.1 Å². The highest BCUT2D eigenvalue weighted by Crippen LogP contribution is 2.29. The van der Waals surface area contributed by atoms with Crippen LogP contribution in [0.25, 0.3) is 22.3 Å². The first-order valence-electron chi connectivity index (χ1n) is 6.88. The van der Waals surface area contributed by atoms with Crippen molar-refractivity contribution in [2.45, 2.75) is 0 Å². The van der Waals surface area contributed by atoms with Crippen molar-refractivity contribution in [3.05, 3.63) is 75.1 Å². The van der Waals surface area contributed by atoms with Gasteiger partial charge in [0.1, 0.15) is 11.5 Å². The smallest absolute Gasteiger partial charge is 0.132 e. The second kappa shape index (κ2) is 6.67. The van der Waals surface area contributed by atoms with Gasteiger partial charge in [-0.25, -0.2) is 9.92 Å². The third kappa shape index (κ3) is 3.16. The molecule has 4 nitrogen and oxygen atoms in total. The molecule has 2 aromatic carbocycles. The molecule has 3 aromatic rings. The summed E-state index contributed by atoms with van der Waals surface area (Å²) in [5, 5.41) is 4.70. The maximum Gasteiger partial charge on any atom is 0.132 e. The minimum absolute atomic E-state index is 0.0484. The number of hydrogen-bond donors (Lipinski definition) is 2. The highest BCUT2D eigenvalue weighted by molar-refractivity contribution is 9.10. The molecule has 1 aromatic heterocycles. The first kappa shape index (κ1) is 16.5. The van der Waals surface area contributed by atoms with E-state index in [2.05, 4.69) is 26.0 Å². The molecule has 0 saturated carbocycles. The molecule has 7 heteroatoms. The second-order valence-electron chi connectivity index (χ2n) is 5.06. The van der Waals surface area contributed by atoms with Gasteiger partial charge in [-0.1, -0.05) is 17.7 Å². The number of hydrogen-bond acceptors (Lipinski definition) is 4. The fraction of sp³-hybridized carbons (Fsp3) is 0. The van der Waals surface area contributed by atoms with E-state index in [1.807, 2.05) is 6.07 Å². The lowest BCUT2D eigenvalue weighted by Gasteiger charge is -2.10. The zero-order chi connectivity index (χ0) is 17.3. The van der Waals surface area contributed by atoms with Crippen molar-refractivity contribution in [3.8, 4) is 0 Å².